The van der Waals surface area contributed by atoms with Crippen molar-refractivity contribution in [3.63, 3.8) is 0 Å². The van der Waals surface area contributed by atoms with Gasteiger partial charge in [-0.15, -0.1) is 0 Å². The van der Waals surface area contributed by atoms with E-state index in [-0.39, 0.29) is 0 Å². The number of halogens is 1. The highest BCUT2D eigenvalue weighted by atomic mass is 79.9. The van der Waals surface area contributed by atoms with Gasteiger partial charge in [0.15, 0.2) is 0 Å². The topological polar surface area (TPSA) is 3.24 Å². The molecule has 18 heavy (non-hydrogen) atoms. The van der Waals surface area contributed by atoms with Crippen molar-refractivity contribution in [2.75, 3.05) is 16.8 Å². The summed E-state index contributed by atoms with van der Waals surface area (Å²) in [5, 5.41) is 1.13. The fourth-order valence-electron chi connectivity index (χ4n) is 2.79. The van der Waals surface area contributed by atoms with Crippen LogP contribution in [0.4, 0.5) is 5.69 Å². The molecule has 100 valence electrons. The molecule has 0 bridgehead atoms. The van der Waals surface area contributed by atoms with Crippen LogP contribution >= 0.6 is 15.9 Å². The molecule has 0 fully saturated rings. The van der Waals surface area contributed by atoms with Gasteiger partial charge in [0, 0.05) is 23.6 Å². The minimum absolute atomic E-state index is 0.691. The number of rotatable bonds is 5. The van der Waals surface area contributed by atoms with Crippen molar-refractivity contribution in [1.29, 1.82) is 0 Å². The van der Waals surface area contributed by atoms with Crippen LogP contribution in [0.1, 0.15) is 38.7 Å². The average molecular weight is 310 g/mol. The van der Waals surface area contributed by atoms with Crippen molar-refractivity contribution in [3.05, 3.63) is 29.8 Å². The van der Waals surface area contributed by atoms with Gasteiger partial charge in [0.05, 0.1) is 0 Å². The SMILES string of the molecule is CC(CCBr)CCN1c2ccccc2CCC1C. The highest BCUT2D eigenvalue weighted by Gasteiger charge is 2.22. The first-order valence-corrected chi connectivity index (χ1v) is 8.25. The zero-order valence-corrected chi connectivity index (χ0v) is 13.1. The number of hydrogen-bond donors (Lipinski definition) is 0. The lowest BCUT2D eigenvalue weighted by molar-refractivity contribution is 0.480. The molecule has 0 amide bonds. The number of hydrogen-bond acceptors (Lipinski definition) is 1. The summed E-state index contributed by atoms with van der Waals surface area (Å²) in [5.41, 5.74) is 3.01. The molecule has 2 rings (SSSR count). The largest absolute Gasteiger partial charge is 0.369 e. The summed E-state index contributed by atoms with van der Waals surface area (Å²) in [6, 6.07) is 9.61. The zero-order valence-electron chi connectivity index (χ0n) is 11.5. The molecule has 0 aliphatic carbocycles. The lowest BCUT2D eigenvalue weighted by Crippen LogP contribution is -2.38. The number of nitrogens with zero attached hydrogens (tertiary/aromatic N) is 1. The van der Waals surface area contributed by atoms with Gasteiger partial charge < -0.3 is 4.90 Å². The second-order valence-corrected chi connectivity index (χ2v) is 6.37. The molecule has 0 saturated heterocycles. The summed E-state index contributed by atoms with van der Waals surface area (Å²) in [6.07, 6.45) is 5.11. The van der Waals surface area contributed by atoms with Gasteiger partial charge in [0.2, 0.25) is 0 Å². The first-order valence-electron chi connectivity index (χ1n) is 7.13. The Morgan fingerprint density at radius 1 is 1.33 bits per heavy atom. The Labute approximate surface area is 120 Å². The van der Waals surface area contributed by atoms with E-state index in [2.05, 4.69) is 58.9 Å². The maximum absolute atomic E-state index is 3.54. The van der Waals surface area contributed by atoms with Gasteiger partial charge in [-0.25, -0.2) is 0 Å². The standard InChI is InChI=1S/C16H24BrN/c1-13(9-11-17)10-12-18-14(2)7-8-15-5-3-4-6-16(15)18/h3-6,13-14H,7-12H2,1-2H3. The molecule has 2 unspecified atom stereocenters. The molecule has 1 aliphatic rings. The number of alkyl halides is 1. The number of anilines is 1. The Kier molecular flexibility index (Phi) is 5.11. The Balaban J connectivity index is 2.03. The van der Waals surface area contributed by atoms with Crippen molar-refractivity contribution in [3.8, 4) is 0 Å². The van der Waals surface area contributed by atoms with E-state index in [4.69, 9.17) is 0 Å². The van der Waals surface area contributed by atoms with Crippen LogP contribution in [0.25, 0.3) is 0 Å². The van der Waals surface area contributed by atoms with Gasteiger partial charge >= 0.3 is 0 Å². The maximum atomic E-state index is 3.54. The van der Waals surface area contributed by atoms with Gasteiger partial charge in [-0.2, -0.15) is 0 Å². The van der Waals surface area contributed by atoms with E-state index in [1.165, 1.54) is 43.5 Å². The molecule has 0 radical (unpaired) electrons. The van der Waals surface area contributed by atoms with Crippen molar-refractivity contribution in [2.45, 2.75) is 45.6 Å². The van der Waals surface area contributed by atoms with Crippen molar-refractivity contribution < 1.29 is 0 Å². The summed E-state index contributed by atoms with van der Waals surface area (Å²) in [6.45, 7) is 5.93. The van der Waals surface area contributed by atoms with Crippen LogP contribution in [-0.4, -0.2) is 17.9 Å². The Hall–Kier alpha value is -0.500. The van der Waals surface area contributed by atoms with Crippen LogP contribution in [0.5, 0.6) is 0 Å². The molecule has 1 aliphatic heterocycles. The quantitative estimate of drug-likeness (QED) is 0.716. The van der Waals surface area contributed by atoms with Crippen LogP contribution in [-0.2, 0) is 6.42 Å². The van der Waals surface area contributed by atoms with Crippen molar-refractivity contribution >= 4 is 21.6 Å². The minimum Gasteiger partial charge on any atom is -0.369 e. The third-order valence-corrected chi connectivity index (χ3v) is 4.59. The molecule has 0 N–H and O–H groups in total. The second kappa shape index (κ2) is 6.60. The highest BCUT2D eigenvalue weighted by Crippen LogP contribution is 2.30. The Morgan fingerprint density at radius 3 is 2.89 bits per heavy atom. The third kappa shape index (κ3) is 3.28. The first-order chi connectivity index (χ1) is 8.72. The number of fused-ring (bicyclic) bond motifs is 1. The fourth-order valence-corrected chi connectivity index (χ4v) is 3.57. The van der Waals surface area contributed by atoms with Crippen LogP contribution in [0.2, 0.25) is 0 Å². The molecule has 0 saturated carbocycles. The molecule has 0 aromatic heterocycles. The summed E-state index contributed by atoms with van der Waals surface area (Å²) >= 11 is 3.54. The maximum Gasteiger partial charge on any atom is 0.0401 e. The van der Waals surface area contributed by atoms with Gasteiger partial charge in [0.25, 0.3) is 0 Å². The molecule has 2 heteroatoms. The molecular weight excluding hydrogens is 286 g/mol. The van der Waals surface area contributed by atoms with Crippen molar-refractivity contribution in [1.82, 2.24) is 0 Å². The van der Waals surface area contributed by atoms with Crippen LogP contribution in [0, 0.1) is 5.92 Å². The summed E-state index contributed by atoms with van der Waals surface area (Å²) < 4.78 is 0. The smallest absolute Gasteiger partial charge is 0.0401 e. The minimum atomic E-state index is 0.691. The molecule has 0 spiro atoms. The van der Waals surface area contributed by atoms with E-state index < -0.39 is 0 Å². The first kappa shape index (κ1) is 13.9. The number of benzene rings is 1. The van der Waals surface area contributed by atoms with E-state index in [1.54, 1.807) is 0 Å². The number of aryl methyl sites for hydroxylation is 1. The van der Waals surface area contributed by atoms with Gasteiger partial charge in [-0.1, -0.05) is 41.1 Å². The predicted octanol–water partition coefficient (Wildman–Crippen LogP) is 4.64. The normalized spacial score (nSPS) is 20.6. The van der Waals surface area contributed by atoms with Gasteiger partial charge in [0.1, 0.15) is 0 Å². The third-order valence-electron chi connectivity index (χ3n) is 4.13. The van der Waals surface area contributed by atoms with Gasteiger partial charge in [-0.3, -0.25) is 0 Å². The van der Waals surface area contributed by atoms with Crippen LogP contribution in [0.15, 0.2) is 24.3 Å². The molecule has 1 heterocycles. The predicted molar refractivity (Wildman–Crippen MR) is 83.8 cm³/mol. The van der Waals surface area contributed by atoms with Crippen LogP contribution < -0.4 is 4.90 Å². The lowest BCUT2D eigenvalue weighted by atomic mass is 9.95. The number of para-hydroxylation sites is 1. The Morgan fingerprint density at radius 2 is 2.11 bits per heavy atom. The summed E-state index contributed by atoms with van der Waals surface area (Å²) in [4.78, 5) is 2.61. The van der Waals surface area contributed by atoms with Gasteiger partial charge in [-0.05, 0) is 50.2 Å². The zero-order chi connectivity index (χ0) is 13.0. The van der Waals surface area contributed by atoms with Crippen LogP contribution in [0.3, 0.4) is 0 Å². The summed E-state index contributed by atoms with van der Waals surface area (Å²) in [5.74, 6) is 0.811. The Bertz CT molecular complexity index is 377. The average Bonchev–Trinajstić information content (AvgIpc) is 2.38. The molecule has 1 aromatic rings. The van der Waals surface area contributed by atoms with Crippen molar-refractivity contribution in [2.24, 2.45) is 5.92 Å². The molecule has 2 atom stereocenters. The lowest BCUT2D eigenvalue weighted by Gasteiger charge is -2.37. The fraction of sp³-hybridized carbons (Fsp3) is 0.625. The van der Waals surface area contributed by atoms with E-state index in [1.807, 2.05) is 0 Å². The second-order valence-electron chi connectivity index (χ2n) is 5.58. The highest BCUT2D eigenvalue weighted by molar-refractivity contribution is 9.09. The molecule has 1 nitrogen and oxygen atoms in total. The van der Waals surface area contributed by atoms with E-state index >= 15 is 0 Å². The molecular formula is C16H24BrN. The molecule has 1 aromatic carbocycles. The van der Waals surface area contributed by atoms with E-state index in [9.17, 15) is 0 Å². The monoisotopic (exact) mass is 309 g/mol. The van der Waals surface area contributed by atoms with E-state index in [0.717, 1.165) is 11.2 Å². The van der Waals surface area contributed by atoms with E-state index in [0.29, 0.717) is 6.04 Å². The summed E-state index contributed by atoms with van der Waals surface area (Å²) in [7, 11) is 0.